The lowest BCUT2D eigenvalue weighted by Crippen LogP contribution is -2.33. The van der Waals surface area contributed by atoms with Crippen LogP contribution in [0.2, 0.25) is 10.0 Å². The van der Waals surface area contributed by atoms with Gasteiger partial charge in [-0.15, -0.1) is 0 Å². The van der Waals surface area contributed by atoms with Crippen molar-refractivity contribution in [3.05, 3.63) is 39.9 Å². The number of piperidine rings is 1. The number of nitrogens with one attached hydrogen (secondary N) is 1. The highest BCUT2D eigenvalue weighted by molar-refractivity contribution is 6.42. The minimum Gasteiger partial charge on any atom is -0.314 e. The van der Waals surface area contributed by atoms with Crippen LogP contribution in [-0.4, -0.2) is 12.6 Å². The van der Waals surface area contributed by atoms with Gasteiger partial charge in [-0.1, -0.05) is 47.8 Å². The molecule has 0 aromatic heterocycles. The van der Waals surface area contributed by atoms with Gasteiger partial charge in [0, 0.05) is 6.04 Å². The summed E-state index contributed by atoms with van der Waals surface area (Å²) in [7, 11) is 0. The number of hydrogen-bond acceptors (Lipinski definition) is 1. The van der Waals surface area contributed by atoms with Gasteiger partial charge < -0.3 is 5.32 Å². The quantitative estimate of drug-likeness (QED) is 0.850. The molecule has 92 valence electrons. The van der Waals surface area contributed by atoms with E-state index >= 15 is 0 Å². The molecule has 1 aromatic carbocycles. The summed E-state index contributed by atoms with van der Waals surface area (Å²) in [4.78, 5) is 0. The number of hydrogen-bond donors (Lipinski definition) is 1. The highest BCUT2D eigenvalue weighted by Crippen LogP contribution is 2.23. The zero-order valence-corrected chi connectivity index (χ0v) is 11.3. The normalized spacial score (nSPS) is 20.9. The number of halogens is 2. The Bertz CT molecular complexity index is 395. The molecule has 1 aliphatic rings. The summed E-state index contributed by atoms with van der Waals surface area (Å²) in [5.74, 6) is 0. The first-order valence-electron chi connectivity index (χ1n) is 6.10. The fraction of sp³-hybridized carbons (Fsp3) is 0.429. The third-order valence-corrected chi connectivity index (χ3v) is 3.83. The Labute approximate surface area is 113 Å². The van der Waals surface area contributed by atoms with Crippen LogP contribution in [0.15, 0.2) is 24.3 Å². The van der Waals surface area contributed by atoms with E-state index in [4.69, 9.17) is 23.2 Å². The zero-order valence-electron chi connectivity index (χ0n) is 9.76. The van der Waals surface area contributed by atoms with E-state index in [2.05, 4.69) is 17.5 Å². The maximum absolute atomic E-state index is 5.96. The molecule has 1 aromatic rings. The van der Waals surface area contributed by atoms with Crippen LogP contribution < -0.4 is 5.32 Å². The van der Waals surface area contributed by atoms with Gasteiger partial charge in [0.05, 0.1) is 10.0 Å². The van der Waals surface area contributed by atoms with Crippen molar-refractivity contribution >= 4 is 29.3 Å². The maximum atomic E-state index is 5.96. The van der Waals surface area contributed by atoms with Gasteiger partial charge in [-0.25, -0.2) is 0 Å². The van der Waals surface area contributed by atoms with Gasteiger partial charge in [-0.05, 0) is 43.5 Å². The average molecular weight is 270 g/mol. The van der Waals surface area contributed by atoms with Crippen LogP contribution in [0.3, 0.4) is 0 Å². The summed E-state index contributed by atoms with van der Waals surface area (Å²) < 4.78 is 0. The van der Waals surface area contributed by atoms with Crippen molar-refractivity contribution in [2.24, 2.45) is 0 Å². The standard InChI is InChI=1S/C14H17Cl2N/c15-13-8-7-11(10-14(13)16)4-3-6-12-5-1-2-9-17-12/h3-4,7-8,10,12,17H,1-2,5-6,9H2/b4-3+. The molecule has 1 heterocycles. The van der Waals surface area contributed by atoms with Crippen molar-refractivity contribution in [2.75, 3.05) is 6.54 Å². The molecule has 0 radical (unpaired) electrons. The van der Waals surface area contributed by atoms with Gasteiger partial charge >= 0.3 is 0 Å². The second-order valence-corrected chi connectivity index (χ2v) is 5.27. The first-order valence-corrected chi connectivity index (χ1v) is 6.86. The second-order valence-electron chi connectivity index (χ2n) is 4.46. The summed E-state index contributed by atoms with van der Waals surface area (Å²) in [6.45, 7) is 1.16. The first kappa shape index (κ1) is 12.9. The molecule has 0 bridgehead atoms. The van der Waals surface area contributed by atoms with Crippen molar-refractivity contribution in [3.63, 3.8) is 0 Å². The van der Waals surface area contributed by atoms with Crippen LogP contribution in [0.5, 0.6) is 0 Å². The monoisotopic (exact) mass is 269 g/mol. The Hall–Kier alpha value is -0.500. The van der Waals surface area contributed by atoms with Crippen molar-refractivity contribution < 1.29 is 0 Å². The molecule has 0 amide bonds. The third-order valence-electron chi connectivity index (χ3n) is 3.09. The summed E-state index contributed by atoms with van der Waals surface area (Å²) >= 11 is 11.8. The summed E-state index contributed by atoms with van der Waals surface area (Å²) in [5, 5.41) is 4.75. The minimum absolute atomic E-state index is 0.609. The predicted molar refractivity (Wildman–Crippen MR) is 75.8 cm³/mol. The van der Waals surface area contributed by atoms with Crippen LogP contribution in [0.4, 0.5) is 0 Å². The molecular weight excluding hydrogens is 253 g/mol. The molecule has 1 unspecified atom stereocenters. The molecule has 1 saturated heterocycles. The van der Waals surface area contributed by atoms with E-state index in [9.17, 15) is 0 Å². The van der Waals surface area contributed by atoms with Crippen LogP contribution >= 0.6 is 23.2 Å². The summed E-state index contributed by atoms with van der Waals surface area (Å²) in [5.41, 5.74) is 1.11. The van der Waals surface area contributed by atoms with Crippen LogP contribution in [0, 0.1) is 0 Å². The summed E-state index contributed by atoms with van der Waals surface area (Å²) in [6, 6.07) is 6.36. The Balaban J connectivity index is 1.88. The van der Waals surface area contributed by atoms with Gasteiger partial charge in [0.25, 0.3) is 0 Å². The molecule has 1 N–H and O–H groups in total. The van der Waals surface area contributed by atoms with Gasteiger partial charge in [0.2, 0.25) is 0 Å². The molecule has 0 aliphatic carbocycles. The fourth-order valence-corrected chi connectivity index (χ4v) is 2.42. The fourth-order valence-electron chi connectivity index (χ4n) is 2.11. The topological polar surface area (TPSA) is 12.0 Å². The van der Waals surface area contributed by atoms with E-state index in [0.717, 1.165) is 18.5 Å². The van der Waals surface area contributed by atoms with Crippen LogP contribution in [0.1, 0.15) is 31.2 Å². The lowest BCUT2D eigenvalue weighted by Gasteiger charge is -2.21. The Morgan fingerprint density at radius 1 is 1.24 bits per heavy atom. The van der Waals surface area contributed by atoms with E-state index in [-0.39, 0.29) is 0 Å². The van der Waals surface area contributed by atoms with Crippen molar-refractivity contribution in [2.45, 2.75) is 31.7 Å². The Morgan fingerprint density at radius 2 is 2.12 bits per heavy atom. The average Bonchev–Trinajstić information content (AvgIpc) is 2.35. The molecule has 3 heteroatoms. The van der Waals surface area contributed by atoms with Gasteiger partial charge in [-0.2, -0.15) is 0 Å². The molecular formula is C14H17Cl2N. The number of benzene rings is 1. The molecule has 1 aliphatic heterocycles. The maximum Gasteiger partial charge on any atom is 0.0598 e. The molecule has 2 rings (SSSR count). The van der Waals surface area contributed by atoms with Crippen molar-refractivity contribution in [3.8, 4) is 0 Å². The SMILES string of the molecule is Clc1ccc(/C=C/CC2CCCCN2)cc1Cl. The first-order chi connectivity index (χ1) is 8.25. The minimum atomic E-state index is 0.609. The van der Waals surface area contributed by atoms with Crippen LogP contribution in [0.25, 0.3) is 6.08 Å². The highest BCUT2D eigenvalue weighted by Gasteiger charge is 2.09. The lowest BCUT2D eigenvalue weighted by atomic mass is 10.0. The van der Waals surface area contributed by atoms with Crippen molar-refractivity contribution in [1.82, 2.24) is 5.32 Å². The van der Waals surface area contributed by atoms with E-state index in [0.29, 0.717) is 16.1 Å². The Kier molecular flexibility index (Phi) is 4.90. The van der Waals surface area contributed by atoms with Crippen molar-refractivity contribution in [1.29, 1.82) is 0 Å². The van der Waals surface area contributed by atoms with Gasteiger partial charge in [0.1, 0.15) is 0 Å². The Morgan fingerprint density at radius 3 is 2.82 bits per heavy atom. The second kappa shape index (κ2) is 6.44. The molecule has 1 fully saturated rings. The van der Waals surface area contributed by atoms with E-state index in [1.807, 2.05) is 18.2 Å². The molecule has 0 saturated carbocycles. The zero-order chi connectivity index (χ0) is 12.1. The van der Waals surface area contributed by atoms with Gasteiger partial charge in [-0.3, -0.25) is 0 Å². The molecule has 1 atom stereocenters. The predicted octanol–water partition coefficient (Wildman–Crippen LogP) is 4.54. The van der Waals surface area contributed by atoms with E-state index in [1.54, 1.807) is 0 Å². The van der Waals surface area contributed by atoms with E-state index < -0.39 is 0 Å². The lowest BCUT2D eigenvalue weighted by molar-refractivity contribution is 0.404. The highest BCUT2D eigenvalue weighted by atomic mass is 35.5. The number of rotatable bonds is 3. The molecule has 0 spiro atoms. The largest absolute Gasteiger partial charge is 0.314 e. The smallest absolute Gasteiger partial charge is 0.0598 e. The molecule has 1 nitrogen and oxygen atoms in total. The molecule has 17 heavy (non-hydrogen) atoms. The van der Waals surface area contributed by atoms with Gasteiger partial charge in [0.15, 0.2) is 0 Å². The third kappa shape index (κ3) is 4.02. The van der Waals surface area contributed by atoms with Crippen LogP contribution in [-0.2, 0) is 0 Å². The summed E-state index contributed by atoms with van der Waals surface area (Å²) in [6.07, 6.45) is 9.35. The van der Waals surface area contributed by atoms with E-state index in [1.165, 1.54) is 19.3 Å².